The van der Waals surface area contributed by atoms with Crippen molar-refractivity contribution in [3.63, 3.8) is 0 Å². The van der Waals surface area contributed by atoms with Gasteiger partial charge in [-0.2, -0.15) is 0 Å². The van der Waals surface area contributed by atoms with Crippen LogP contribution in [0.15, 0.2) is 6.20 Å². The molecule has 1 aliphatic rings. The van der Waals surface area contributed by atoms with Gasteiger partial charge in [0.15, 0.2) is 0 Å². The van der Waals surface area contributed by atoms with E-state index in [9.17, 15) is 4.79 Å². The Morgan fingerprint density at radius 1 is 1.53 bits per heavy atom. The van der Waals surface area contributed by atoms with Gasteiger partial charge in [-0.1, -0.05) is 0 Å². The molecule has 15 heavy (non-hydrogen) atoms. The molecule has 5 heteroatoms. The Bertz CT molecular complexity index is 367. The van der Waals surface area contributed by atoms with Gasteiger partial charge in [0.05, 0.1) is 11.9 Å². The number of carboxylic acids is 1. The number of nitrogens with zero attached hydrogens (tertiary/aromatic N) is 3. The van der Waals surface area contributed by atoms with E-state index >= 15 is 0 Å². The molecule has 0 unspecified atom stereocenters. The highest BCUT2D eigenvalue weighted by molar-refractivity contribution is 5.83. The van der Waals surface area contributed by atoms with Crippen molar-refractivity contribution in [2.75, 3.05) is 13.1 Å². The van der Waals surface area contributed by atoms with Crippen LogP contribution in [0.3, 0.4) is 0 Å². The van der Waals surface area contributed by atoms with Crippen LogP contribution in [-0.4, -0.2) is 38.6 Å². The molecule has 0 saturated carbocycles. The Morgan fingerprint density at radius 3 is 2.73 bits per heavy atom. The normalized spacial score (nSPS) is 17.1. The molecule has 1 N–H and O–H groups in total. The lowest BCUT2D eigenvalue weighted by Gasteiger charge is -2.14. The van der Waals surface area contributed by atoms with Gasteiger partial charge in [0.1, 0.15) is 0 Å². The Kier molecular flexibility index (Phi) is 2.73. The van der Waals surface area contributed by atoms with E-state index in [4.69, 9.17) is 5.11 Å². The summed E-state index contributed by atoms with van der Waals surface area (Å²) in [6.45, 7) is 3.01. The first kappa shape index (κ1) is 10.2. The largest absolute Gasteiger partial charge is 0.475 e. The summed E-state index contributed by atoms with van der Waals surface area (Å²) in [6.07, 6.45) is 4.13. The lowest BCUT2D eigenvalue weighted by atomic mass is 10.4. The predicted molar refractivity (Wildman–Crippen MR) is 54.7 cm³/mol. The number of carboxylic acid groups (broad SMARTS) is 1. The fourth-order valence-electron chi connectivity index (χ4n) is 1.96. The number of hydrogen-bond acceptors (Lipinski definition) is 3. The number of imidazole rings is 1. The molecule has 2 heterocycles. The van der Waals surface area contributed by atoms with Crippen LogP contribution >= 0.6 is 0 Å². The SMILES string of the molecule is Cn1c(CN2CCCC2)cnc1C(=O)O. The summed E-state index contributed by atoms with van der Waals surface area (Å²) in [7, 11) is 1.75. The number of aromatic nitrogens is 2. The Hall–Kier alpha value is -1.36. The van der Waals surface area contributed by atoms with Gasteiger partial charge in [-0.3, -0.25) is 4.90 Å². The summed E-state index contributed by atoms with van der Waals surface area (Å²) in [4.78, 5) is 17.0. The molecule has 0 amide bonds. The highest BCUT2D eigenvalue weighted by Gasteiger charge is 2.17. The smallest absolute Gasteiger partial charge is 0.372 e. The molecule has 0 aromatic carbocycles. The summed E-state index contributed by atoms with van der Waals surface area (Å²) in [5, 5.41) is 8.84. The minimum Gasteiger partial charge on any atom is -0.475 e. The molecule has 82 valence electrons. The zero-order valence-electron chi connectivity index (χ0n) is 8.81. The fourth-order valence-corrected chi connectivity index (χ4v) is 1.96. The number of likely N-dealkylation sites (tertiary alicyclic amines) is 1. The van der Waals surface area contributed by atoms with Crippen LogP contribution in [0, 0.1) is 0 Å². The molecule has 0 spiro atoms. The van der Waals surface area contributed by atoms with Crippen molar-refractivity contribution in [1.82, 2.24) is 14.5 Å². The zero-order valence-corrected chi connectivity index (χ0v) is 8.81. The molecule has 0 bridgehead atoms. The first-order valence-corrected chi connectivity index (χ1v) is 5.14. The van der Waals surface area contributed by atoms with Crippen molar-refractivity contribution < 1.29 is 9.90 Å². The van der Waals surface area contributed by atoms with Gasteiger partial charge in [-0.25, -0.2) is 9.78 Å². The van der Waals surface area contributed by atoms with E-state index in [0.29, 0.717) is 0 Å². The minimum atomic E-state index is -0.967. The molecule has 1 fully saturated rings. The summed E-state index contributed by atoms with van der Waals surface area (Å²) >= 11 is 0. The average molecular weight is 209 g/mol. The lowest BCUT2D eigenvalue weighted by Crippen LogP contribution is -2.20. The van der Waals surface area contributed by atoms with Crippen molar-refractivity contribution >= 4 is 5.97 Å². The summed E-state index contributed by atoms with van der Waals surface area (Å²) in [5.74, 6) is -0.852. The maximum absolute atomic E-state index is 10.8. The molecule has 0 atom stereocenters. The van der Waals surface area contributed by atoms with Gasteiger partial charge < -0.3 is 9.67 Å². The third kappa shape index (κ3) is 2.02. The summed E-state index contributed by atoms with van der Waals surface area (Å²) in [5.41, 5.74) is 0.967. The van der Waals surface area contributed by atoms with Crippen LogP contribution in [0.2, 0.25) is 0 Å². The Labute approximate surface area is 88.3 Å². The van der Waals surface area contributed by atoms with E-state index in [-0.39, 0.29) is 5.82 Å². The van der Waals surface area contributed by atoms with Gasteiger partial charge in [-0.05, 0) is 25.9 Å². The number of hydrogen-bond donors (Lipinski definition) is 1. The number of rotatable bonds is 3. The molecule has 5 nitrogen and oxygen atoms in total. The van der Waals surface area contributed by atoms with Crippen LogP contribution in [0.4, 0.5) is 0 Å². The lowest BCUT2D eigenvalue weighted by molar-refractivity contribution is 0.0679. The van der Waals surface area contributed by atoms with Crippen LogP contribution in [0.1, 0.15) is 29.2 Å². The summed E-state index contributed by atoms with van der Waals surface area (Å²) in [6, 6.07) is 0. The maximum Gasteiger partial charge on any atom is 0.372 e. The van der Waals surface area contributed by atoms with Crippen molar-refractivity contribution in [3.8, 4) is 0 Å². The van der Waals surface area contributed by atoms with Gasteiger partial charge in [0.25, 0.3) is 0 Å². The van der Waals surface area contributed by atoms with Crippen LogP contribution < -0.4 is 0 Å². The monoisotopic (exact) mass is 209 g/mol. The second-order valence-corrected chi connectivity index (χ2v) is 3.92. The molecular weight excluding hydrogens is 194 g/mol. The predicted octanol–water partition coefficient (Wildman–Crippen LogP) is 0.714. The van der Waals surface area contributed by atoms with Crippen LogP contribution in [0.5, 0.6) is 0 Å². The molecule has 2 rings (SSSR count). The molecule has 0 radical (unpaired) electrons. The highest BCUT2D eigenvalue weighted by Crippen LogP contribution is 2.13. The van der Waals surface area contributed by atoms with E-state index < -0.39 is 5.97 Å². The van der Waals surface area contributed by atoms with Crippen molar-refractivity contribution in [1.29, 1.82) is 0 Å². The number of carbonyl (C=O) groups is 1. The molecule has 1 aromatic heterocycles. The molecule has 1 saturated heterocycles. The van der Waals surface area contributed by atoms with Gasteiger partial charge in [0.2, 0.25) is 5.82 Å². The second kappa shape index (κ2) is 4.02. The van der Waals surface area contributed by atoms with E-state index in [0.717, 1.165) is 25.3 Å². The van der Waals surface area contributed by atoms with Crippen molar-refractivity contribution in [2.24, 2.45) is 7.05 Å². The molecule has 0 aliphatic carbocycles. The first-order chi connectivity index (χ1) is 7.18. The topological polar surface area (TPSA) is 58.4 Å². The zero-order chi connectivity index (χ0) is 10.8. The maximum atomic E-state index is 10.8. The van der Waals surface area contributed by atoms with Gasteiger partial charge in [-0.15, -0.1) is 0 Å². The van der Waals surface area contributed by atoms with Gasteiger partial charge in [0, 0.05) is 13.6 Å². The highest BCUT2D eigenvalue weighted by atomic mass is 16.4. The summed E-state index contributed by atoms with van der Waals surface area (Å²) < 4.78 is 1.65. The third-order valence-corrected chi connectivity index (χ3v) is 2.86. The molecule has 1 aromatic rings. The second-order valence-electron chi connectivity index (χ2n) is 3.92. The fraction of sp³-hybridized carbons (Fsp3) is 0.600. The minimum absolute atomic E-state index is 0.115. The standard InChI is InChI=1S/C10H15N3O2/c1-12-8(6-11-9(12)10(14)15)7-13-4-2-3-5-13/h6H,2-5,7H2,1H3,(H,14,15). The van der Waals surface area contributed by atoms with Crippen molar-refractivity contribution in [3.05, 3.63) is 17.7 Å². The average Bonchev–Trinajstić information content (AvgIpc) is 2.78. The molecule has 1 aliphatic heterocycles. The van der Waals surface area contributed by atoms with Gasteiger partial charge >= 0.3 is 5.97 Å². The van der Waals surface area contributed by atoms with E-state index in [1.807, 2.05) is 0 Å². The quantitative estimate of drug-likeness (QED) is 0.796. The first-order valence-electron chi connectivity index (χ1n) is 5.14. The molecular formula is C10H15N3O2. The van der Waals surface area contributed by atoms with E-state index in [1.165, 1.54) is 12.8 Å². The van der Waals surface area contributed by atoms with Crippen LogP contribution in [-0.2, 0) is 13.6 Å². The van der Waals surface area contributed by atoms with Crippen molar-refractivity contribution in [2.45, 2.75) is 19.4 Å². The van der Waals surface area contributed by atoms with E-state index in [1.54, 1.807) is 17.8 Å². The van der Waals surface area contributed by atoms with E-state index in [2.05, 4.69) is 9.88 Å². The Morgan fingerprint density at radius 2 is 2.20 bits per heavy atom. The number of aromatic carboxylic acids is 1. The van der Waals surface area contributed by atoms with Crippen LogP contribution in [0.25, 0.3) is 0 Å². The third-order valence-electron chi connectivity index (χ3n) is 2.86. The Balaban J connectivity index is 2.11.